The van der Waals surface area contributed by atoms with E-state index in [-0.39, 0.29) is 0 Å². The number of nitrogens with one attached hydrogen (secondary N) is 2. The van der Waals surface area contributed by atoms with Gasteiger partial charge in [0.2, 0.25) is 0 Å². The Morgan fingerprint density at radius 3 is 2.65 bits per heavy atom. The van der Waals surface area contributed by atoms with Crippen LogP contribution in [0, 0.1) is 12.8 Å². The first kappa shape index (κ1) is 13.4. The van der Waals surface area contributed by atoms with E-state index in [2.05, 4.69) is 52.8 Å². The van der Waals surface area contributed by atoms with Gasteiger partial charge in [0.05, 0.1) is 6.20 Å². The topological polar surface area (TPSA) is 40.7 Å². The lowest BCUT2D eigenvalue weighted by Gasteiger charge is -2.25. The molecule has 1 aromatic carbocycles. The highest BCUT2D eigenvalue weighted by Crippen LogP contribution is 2.35. The number of rotatable bonds is 5. The van der Waals surface area contributed by atoms with Crippen LogP contribution in [0.25, 0.3) is 0 Å². The van der Waals surface area contributed by atoms with Gasteiger partial charge in [-0.3, -0.25) is 5.10 Å². The van der Waals surface area contributed by atoms with Gasteiger partial charge in [-0.2, -0.15) is 5.10 Å². The Kier molecular flexibility index (Phi) is 4.16. The number of H-pyrrole nitrogens is 1. The zero-order chi connectivity index (χ0) is 13.8. The minimum absolute atomic E-state index is 0.466. The smallest absolute Gasteiger partial charge is 0.0535 e. The average Bonchev–Trinajstić information content (AvgIpc) is 3.13. The molecule has 0 spiro atoms. The van der Waals surface area contributed by atoms with E-state index in [0.29, 0.717) is 6.04 Å². The van der Waals surface area contributed by atoms with Gasteiger partial charge < -0.3 is 5.32 Å². The molecule has 3 rings (SSSR count). The van der Waals surface area contributed by atoms with Crippen LogP contribution >= 0.6 is 0 Å². The second-order valence-corrected chi connectivity index (χ2v) is 5.83. The fraction of sp³-hybridized carbons (Fsp3) is 0.471. The first-order valence-corrected chi connectivity index (χ1v) is 7.62. The second-order valence-electron chi connectivity index (χ2n) is 5.83. The van der Waals surface area contributed by atoms with Crippen LogP contribution in [0.5, 0.6) is 0 Å². The van der Waals surface area contributed by atoms with Crippen LogP contribution in [0.2, 0.25) is 0 Å². The highest BCUT2D eigenvalue weighted by atomic mass is 15.1. The Labute approximate surface area is 120 Å². The Bertz CT molecular complexity index is 526. The molecule has 106 valence electrons. The van der Waals surface area contributed by atoms with Gasteiger partial charge in [-0.25, -0.2) is 0 Å². The van der Waals surface area contributed by atoms with Crippen molar-refractivity contribution < 1.29 is 0 Å². The maximum absolute atomic E-state index is 4.10. The molecule has 3 nitrogen and oxygen atoms in total. The van der Waals surface area contributed by atoms with E-state index in [0.717, 1.165) is 18.2 Å². The van der Waals surface area contributed by atoms with Gasteiger partial charge in [0.1, 0.15) is 0 Å². The van der Waals surface area contributed by atoms with Crippen molar-refractivity contribution >= 4 is 0 Å². The van der Waals surface area contributed by atoms with Crippen LogP contribution in [0.3, 0.4) is 0 Å². The summed E-state index contributed by atoms with van der Waals surface area (Å²) in [6.45, 7) is 2.97. The quantitative estimate of drug-likeness (QED) is 0.868. The molecule has 1 saturated carbocycles. The number of aromatic nitrogens is 2. The molecule has 1 heterocycles. The Balaban J connectivity index is 1.74. The summed E-state index contributed by atoms with van der Waals surface area (Å²) in [4.78, 5) is 0. The number of aryl methyl sites for hydroxylation is 1. The van der Waals surface area contributed by atoms with Crippen molar-refractivity contribution in [2.24, 2.45) is 5.92 Å². The standard InChI is InChI=1S/C17H23N3/c1-13-16(12-19-20-13)11-18-17(15-9-5-6-10-15)14-7-3-2-4-8-14/h2-4,7-8,12,15,17-18H,5-6,9-11H2,1H3,(H,19,20)/t17-/m1/s1. The highest BCUT2D eigenvalue weighted by Gasteiger charge is 2.25. The van der Waals surface area contributed by atoms with Crippen LogP contribution in [0.1, 0.15) is 48.5 Å². The number of nitrogens with zero attached hydrogens (tertiary/aromatic N) is 1. The normalized spacial score (nSPS) is 17.4. The fourth-order valence-corrected chi connectivity index (χ4v) is 3.28. The maximum atomic E-state index is 4.10. The molecule has 1 aromatic heterocycles. The van der Waals surface area contributed by atoms with Gasteiger partial charge in [-0.1, -0.05) is 43.2 Å². The van der Waals surface area contributed by atoms with Crippen LogP contribution in [0.15, 0.2) is 36.5 Å². The summed E-state index contributed by atoms with van der Waals surface area (Å²) in [5, 5.41) is 10.9. The molecule has 2 N–H and O–H groups in total. The van der Waals surface area contributed by atoms with E-state index in [9.17, 15) is 0 Å². The molecule has 0 aliphatic heterocycles. The van der Waals surface area contributed by atoms with Crippen molar-refractivity contribution in [3.05, 3.63) is 53.3 Å². The van der Waals surface area contributed by atoms with Crippen LogP contribution in [-0.4, -0.2) is 10.2 Å². The SMILES string of the molecule is Cc1[nH]ncc1CN[C@H](c1ccccc1)C1CCCC1. The monoisotopic (exact) mass is 269 g/mol. The zero-order valence-electron chi connectivity index (χ0n) is 12.1. The van der Waals surface area contributed by atoms with Crippen LogP contribution in [0.4, 0.5) is 0 Å². The molecule has 1 fully saturated rings. The van der Waals surface area contributed by atoms with E-state index in [4.69, 9.17) is 0 Å². The summed E-state index contributed by atoms with van der Waals surface area (Å²) in [6.07, 6.45) is 7.37. The van der Waals surface area contributed by atoms with E-state index in [1.165, 1.54) is 36.8 Å². The average molecular weight is 269 g/mol. The van der Waals surface area contributed by atoms with Gasteiger partial charge >= 0.3 is 0 Å². The van der Waals surface area contributed by atoms with Crippen molar-refractivity contribution in [2.75, 3.05) is 0 Å². The van der Waals surface area contributed by atoms with Gasteiger partial charge in [-0.05, 0) is 31.2 Å². The summed E-state index contributed by atoms with van der Waals surface area (Å²) in [5.41, 5.74) is 3.85. The first-order chi connectivity index (χ1) is 9.84. The van der Waals surface area contributed by atoms with Crippen molar-refractivity contribution in [3.8, 4) is 0 Å². The van der Waals surface area contributed by atoms with E-state index < -0.39 is 0 Å². The molecule has 0 bridgehead atoms. The second kappa shape index (κ2) is 6.23. The van der Waals surface area contributed by atoms with E-state index in [1.54, 1.807) is 0 Å². The summed E-state index contributed by atoms with van der Waals surface area (Å²) < 4.78 is 0. The van der Waals surface area contributed by atoms with E-state index in [1.807, 2.05) is 6.20 Å². The number of aromatic amines is 1. The summed E-state index contributed by atoms with van der Waals surface area (Å²) in [6, 6.07) is 11.3. The lowest BCUT2D eigenvalue weighted by atomic mass is 9.91. The lowest BCUT2D eigenvalue weighted by Crippen LogP contribution is -2.27. The lowest BCUT2D eigenvalue weighted by molar-refractivity contribution is 0.365. The van der Waals surface area contributed by atoms with Gasteiger partial charge in [-0.15, -0.1) is 0 Å². The zero-order valence-corrected chi connectivity index (χ0v) is 12.1. The molecule has 1 aliphatic rings. The summed E-state index contributed by atoms with van der Waals surface area (Å²) in [5.74, 6) is 0.768. The Morgan fingerprint density at radius 2 is 2.00 bits per heavy atom. The van der Waals surface area contributed by atoms with Crippen molar-refractivity contribution in [2.45, 2.75) is 45.2 Å². The third-order valence-corrected chi connectivity index (χ3v) is 4.48. The van der Waals surface area contributed by atoms with Gasteiger partial charge in [0.25, 0.3) is 0 Å². The molecule has 0 unspecified atom stereocenters. The van der Waals surface area contributed by atoms with Crippen molar-refractivity contribution in [1.29, 1.82) is 0 Å². The highest BCUT2D eigenvalue weighted by molar-refractivity contribution is 5.21. The molecule has 2 aromatic rings. The van der Waals surface area contributed by atoms with Crippen molar-refractivity contribution in [3.63, 3.8) is 0 Å². The van der Waals surface area contributed by atoms with E-state index >= 15 is 0 Å². The van der Waals surface area contributed by atoms with Gasteiger partial charge in [0, 0.05) is 23.8 Å². The third-order valence-electron chi connectivity index (χ3n) is 4.48. The molecule has 3 heteroatoms. The Morgan fingerprint density at radius 1 is 1.25 bits per heavy atom. The number of hydrogen-bond acceptors (Lipinski definition) is 2. The number of benzene rings is 1. The summed E-state index contributed by atoms with van der Waals surface area (Å²) in [7, 11) is 0. The van der Waals surface area contributed by atoms with Crippen LogP contribution in [-0.2, 0) is 6.54 Å². The van der Waals surface area contributed by atoms with Crippen LogP contribution < -0.4 is 5.32 Å². The number of hydrogen-bond donors (Lipinski definition) is 2. The summed E-state index contributed by atoms with van der Waals surface area (Å²) >= 11 is 0. The molecule has 1 atom stereocenters. The predicted octanol–water partition coefficient (Wildman–Crippen LogP) is 3.74. The largest absolute Gasteiger partial charge is 0.305 e. The molecular weight excluding hydrogens is 246 g/mol. The predicted molar refractivity (Wildman–Crippen MR) is 81.3 cm³/mol. The molecule has 20 heavy (non-hydrogen) atoms. The molecule has 0 amide bonds. The first-order valence-electron chi connectivity index (χ1n) is 7.62. The van der Waals surface area contributed by atoms with Gasteiger partial charge in [0.15, 0.2) is 0 Å². The molecular formula is C17H23N3. The van der Waals surface area contributed by atoms with Crippen molar-refractivity contribution in [1.82, 2.24) is 15.5 Å². The minimum Gasteiger partial charge on any atom is -0.305 e. The molecule has 0 saturated heterocycles. The maximum Gasteiger partial charge on any atom is 0.0535 e. The Hall–Kier alpha value is -1.61. The fourth-order valence-electron chi connectivity index (χ4n) is 3.28. The molecule has 1 aliphatic carbocycles. The molecule has 0 radical (unpaired) electrons. The third kappa shape index (κ3) is 2.93. The minimum atomic E-state index is 0.466.